The van der Waals surface area contributed by atoms with E-state index in [4.69, 9.17) is 4.74 Å². The van der Waals surface area contributed by atoms with Crippen LogP contribution in [0.1, 0.15) is 50.2 Å². The van der Waals surface area contributed by atoms with Crippen LogP contribution in [0.25, 0.3) is 0 Å². The second kappa shape index (κ2) is 9.26. The molecule has 0 unspecified atom stereocenters. The summed E-state index contributed by atoms with van der Waals surface area (Å²) in [5.41, 5.74) is 2.45. The zero-order chi connectivity index (χ0) is 25.7. The van der Waals surface area contributed by atoms with Crippen LogP contribution < -0.4 is 9.80 Å². The van der Waals surface area contributed by atoms with Gasteiger partial charge in [0.05, 0.1) is 37.4 Å². The van der Waals surface area contributed by atoms with Crippen molar-refractivity contribution in [3.05, 3.63) is 59.7 Å². The minimum absolute atomic E-state index is 0.0119. The number of para-hydroxylation sites is 1. The summed E-state index contributed by atoms with van der Waals surface area (Å²) in [5, 5.41) is 9.63. The van der Waals surface area contributed by atoms with Gasteiger partial charge in [-0.2, -0.15) is 0 Å². The summed E-state index contributed by atoms with van der Waals surface area (Å²) < 4.78 is 6.57. The lowest BCUT2D eigenvalue weighted by molar-refractivity contribution is -0.150. The fraction of sp³-hybridized carbons (Fsp3) is 0.483. The highest BCUT2D eigenvalue weighted by atomic mass is 16.5. The summed E-state index contributed by atoms with van der Waals surface area (Å²) in [5.74, 6) is -0.0546. The quantitative estimate of drug-likeness (QED) is 0.613. The van der Waals surface area contributed by atoms with Crippen LogP contribution in [-0.2, 0) is 31.3 Å². The Morgan fingerprint density at radius 3 is 2.59 bits per heavy atom. The summed E-state index contributed by atoms with van der Waals surface area (Å²) in [6.45, 7) is 3.83. The molecule has 2 aromatic carbocycles. The number of aliphatic hydroxyl groups is 1. The minimum Gasteiger partial charge on any atom is -0.394 e. The zero-order valence-electron chi connectivity index (χ0n) is 21.1. The van der Waals surface area contributed by atoms with Gasteiger partial charge in [0, 0.05) is 36.7 Å². The van der Waals surface area contributed by atoms with Gasteiger partial charge in [-0.3, -0.25) is 14.4 Å². The maximum atomic E-state index is 14.1. The molecule has 0 bridgehead atoms. The lowest BCUT2D eigenvalue weighted by Crippen LogP contribution is -2.44. The van der Waals surface area contributed by atoms with Crippen LogP contribution in [0, 0.1) is 5.92 Å². The van der Waals surface area contributed by atoms with Crippen molar-refractivity contribution in [3.63, 3.8) is 0 Å². The summed E-state index contributed by atoms with van der Waals surface area (Å²) in [7, 11) is 0. The first-order valence-corrected chi connectivity index (χ1v) is 13.3. The standard InChI is InChI=1S/C29H33N3O5/c1-19-15-23(16-27(35)30-13-4-5-22(30)18-33)37-29(19)24-6-2-3-7-25(24)32(28(29)36)17-20-8-10-21(11-9-20)31-14-12-26(31)34/h2-3,6-11,19,22-23,33H,4-5,12-18H2,1H3/t19-,22+,23-,29+/m1/s1. The average molecular weight is 504 g/mol. The van der Waals surface area contributed by atoms with Gasteiger partial charge in [0.15, 0.2) is 5.60 Å². The number of likely N-dealkylation sites (tertiary alicyclic amines) is 1. The number of hydrogen-bond donors (Lipinski definition) is 1. The molecule has 3 fully saturated rings. The number of aliphatic hydroxyl groups excluding tert-OH is 1. The maximum Gasteiger partial charge on any atom is 0.264 e. The monoisotopic (exact) mass is 503 g/mol. The van der Waals surface area contributed by atoms with Crippen molar-refractivity contribution in [2.45, 2.75) is 63.3 Å². The maximum absolute atomic E-state index is 14.1. The zero-order valence-corrected chi connectivity index (χ0v) is 21.1. The first kappa shape index (κ1) is 24.1. The van der Waals surface area contributed by atoms with Crippen LogP contribution in [0.4, 0.5) is 11.4 Å². The lowest BCUT2D eigenvalue weighted by atomic mass is 9.83. The van der Waals surface area contributed by atoms with Gasteiger partial charge in [-0.1, -0.05) is 37.3 Å². The molecule has 3 saturated heterocycles. The summed E-state index contributed by atoms with van der Waals surface area (Å²) in [4.78, 5) is 44.2. The van der Waals surface area contributed by atoms with Crippen molar-refractivity contribution in [1.82, 2.24) is 4.90 Å². The molecule has 4 aliphatic rings. The normalized spacial score (nSPS) is 28.8. The largest absolute Gasteiger partial charge is 0.394 e. The number of hydrogen-bond acceptors (Lipinski definition) is 5. The van der Waals surface area contributed by atoms with Crippen molar-refractivity contribution >= 4 is 29.1 Å². The van der Waals surface area contributed by atoms with Gasteiger partial charge >= 0.3 is 0 Å². The predicted molar refractivity (Wildman–Crippen MR) is 138 cm³/mol. The van der Waals surface area contributed by atoms with Crippen molar-refractivity contribution < 1.29 is 24.2 Å². The predicted octanol–water partition coefficient (Wildman–Crippen LogP) is 2.96. The third kappa shape index (κ3) is 3.85. The van der Waals surface area contributed by atoms with Crippen LogP contribution in [0.5, 0.6) is 0 Å². The Kier molecular flexibility index (Phi) is 6.04. The molecule has 1 spiro atoms. The van der Waals surface area contributed by atoms with Gasteiger partial charge in [0.1, 0.15) is 0 Å². The van der Waals surface area contributed by atoms with E-state index in [1.54, 1.807) is 14.7 Å². The topological polar surface area (TPSA) is 90.4 Å². The van der Waals surface area contributed by atoms with Gasteiger partial charge in [-0.25, -0.2) is 0 Å². The number of nitrogens with zero attached hydrogens (tertiary/aromatic N) is 3. The van der Waals surface area contributed by atoms with Crippen LogP contribution in [0.15, 0.2) is 48.5 Å². The molecule has 1 N–H and O–H groups in total. The number of carbonyl (C=O) groups is 3. The van der Waals surface area contributed by atoms with E-state index in [0.717, 1.165) is 41.9 Å². The molecule has 2 aromatic rings. The SMILES string of the molecule is C[C@@H]1C[C@H](CC(=O)N2CCC[C@H]2CO)O[C@@]12C(=O)N(Cc1ccc(N3CCC3=O)cc1)c1ccccc12. The Morgan fingerprint density at radius 2 is 1.89 bits per heavy atom. The van der Waals surface area contributed by atoms with Crippen LogP contribution in [0.2, 0.25) is 0 Å². The fourth-order valence-electron chi connectivity index (χ4n) is 6.53. The summed E-state index contributed by atoms with van der Waals surface area (Å²) >= 11 is 0. The molecule has 37 heavy (non-hydrogen) atoms. The second-order valence-electron chi connectivity index (χ2n) is 10.8. The Hall–Kier alpha value is -3.23. The smallest absolute Gasteiger partial charge is 0.264 e. The molecule has 0 saturated carbocycles. The molecular weight excluding hydrogens is 470 g/mol. The number of carbonyl (C=O) groups excluding carboxylic acids is 3. The number of amides is 3. The van der Waals surface area contributed by atoms with Crippen molar-refractivity contribution in [1.29, 1.82) is 0 Å². The van der Waals surface area contributed by atoms with Crippen molar-refractivity contribution in [2.75, 3.05) is 29.5 Å². The number of anilines is 2. The average Bonchev–Trinajstić information content (AvgIpc) is 3.57. The van der Waals surface area contributed by atoms with Gasteiger partial charge in [-0.15, -0.1) is 0 Å². The number of benzene rings is 2. The van der Waals surface area contributed by atoms with E-state index in [1.807, 2.05) is 55.5 Å². The van der Waals surface area contributed by atoms with Gasteiger partial charge in [-0.05, 0) is 43.0 Å². The highest BCUT2D eigenvalue weighted by molar-refractivity contribution is 6.07. The van der Waals surface area contributed by atoms with E-state index in [2.05, 4.69) is 0 Å². The van der Waals surface area contributed by atoms with Crippen molar-refractivity contribution in [3.8, 4) is 0 Å². The Labute approximate surface area is 216 Å². The number of β-lactam (4-membered cyclic amide) rings is 1. The number of ether oxygens (including phenoxy) is 1. The Morgan fingerprint density at radius 1 is 1.11 bits per heavy atom. The highest BCUT2D eigenvalue weighted by Gasteiger charge is 2.60. The van der Waals surface area contributed by atoms with Crippen LogP contribution in [-0.4, -0.2) is 59.6 Å². The minimum atomic E-state index is -1.10. The Bertz CT molecular complexity index is 1230. The second-order valence-corrected chi connectivity index (χ2v) is 10.8. The molecule has 4 atom stereocenters. The molecule has 4 heterocycles. The highest BCUT2D eigenvalue weighted by Crippen LogP contribution is 2.53. The van der Waals surface area contributed by atoms with E-state index >= 15 is 0 Å². The van der Waals surface area contributed by atoms with Gasteiger partial charge in [0.25, 0.3) is 5.91 Å². The molecule has 3 amide bonds. The first-order valence-electron chi connectivity index (χ1n) is 13.3. The molecule has 6 rings (SSSR count). The molecule has 8 nitrogen and oxygen atoms in total. The van der Waals surface area contributed by atoms with Gasteiger partial charge in [0.2, 0.25) is 11.8 Å². The van der Waals surface area contributed by atoms with Crippen LogP contribution in [0.3, 0.4) is 0 Å². The van der Waals surface area contributed by atoms with Gasteiger partial charge < -0.3 is 24.5 Å². The summed E-state index contributed by atoms with van der Waals surface area (Å²) in [6, 6.07) is 15.5. The molecule has 194 valence electrons. The van der Waals surface area contributed by atoms with E-state index in [0.29, 0.717) is 25.9 Å². The lowest BCUT2D eigenvalue weighted by Gasteiger charge is -2.31. The third-order valence-electron chi connectivity index (χ3n) is 8.57. The van der Waals surface area contributed by atoms with E-state index in [9.17, 15) is 19.5 Å². The Balaban J connectivity index is 1.22. The first-order chi connectivity index (χ1) is 17.9. The third-order valence-corrected chi connectivity index (χ3v) is 8.57. The molecular formula is C29H33N3O5. The molecule has 0 radical (unpaired) electrons. The molecule has 4 aliphatic heterocycles. The van der Waals surface area contributed by atoms with Crippen LogP contribution >= 0.6 is 0 Å². The molecule has 8 heteroatoms. The summed E-state index contributed by atoms with van der Waals surface area (Å²) in [6.07, 6.45) is 2.80. The van der Waals surface area contributed by atoms with E-state index in [-0.39, 0.29) is 48.8 Å². The fourth-order valence-corrected chi connectivity index (χ4v) is 6.53. The number of rotatable bonds is 6. The van der Waals surface area contributed by atoms with Crippen molar-refractivity contribution in [2.24, 2.45) is 5.92 Å². The molecule has 0 aliphatic carbocycles. The van der Waals surface area contributed by atoms with E-state index in [1.165, 1.54) is 0 Å². The van der Waals surface area contributed by atoms with E-state index < -0.39 is 5.60 Å². The number of fused-ring (bicyclic) bond motifs is 2. The molecule has 0 aromatic heterocycles.